The van der Waals surface area contributed by atoms with Crippen molar-refractivity contribution in [3.8, 4) is 22.4 Å². The monoisotopic (exact) mass is 300 g/mol. The second kappa shape index (κ2) is 5.25. The lowest BCUT2D eigenvalue weighted by Crippen LogP contribution is -1.94. The fraction of sp³-hybridized carbons (Fsp3) is 0.0526. The highest BCUT2D eigenvalue weighted by molar-refractivity contribution is 5.82. The van der Waals surface area contributed by atoms with Crippen LogP contribution in [0.2, 0.25) is 0 Å². The zero-order chi connectivity index (χ0) is 15.8. The van der Waals surface area contributed by atoms with Crippen LogP contribution in [0.4, 0.5) is 5.82 Å². The van der Waals surface area contributed by atoms with E-state index in [1.165, 1.54) is 0 Å². The number of aromatic nitrogens is 3. The van der Waals surface area contributed by atoms with Crippen molar-refractivity contribution in [3.63, 3.8) is 0 Å². The van der Waals surface area contributed by atoms with Gasteiger partial charge in [-0.1, -0.05) is 30.3 Å². The van der Waals surface area contributed by atoms with E-state index in [1.54, 1.807) is 6.20 Å². The first-order chi connectivity index (χ1) is 11.2. The number of hydrogen-bond donors (Lipinski definition) is 1. The van der Waals surface area contributed by atoms with E-state index in [4.69, 9.17) is 5.73 Å². The molecule has 0 saturated heterocycles. The van der Waals surface area contributed by atoms with Crippen molar-refractivity contribution in [2.75, 3.05) is 5.73 Å². The summed E-state index contributed by atoms with van der Waals surface area (Å²) in [6.07, 6.45) is 3.69. The molecule has 4 heteroatoms. The summed E-state index contributed by atoms with van der Waals surface area (Å²) in [5, 5.41) is 0. The number of benzene rings is 1. The maximum absolute atomic E-state index is 5.98. The lowest BCUT2D eigenvalue weighted by Gasteiger charge is -2.10. The number of nitrogens with zero attached hydrogens (tertiary/aromatic N) is 3. The van der Waals surface area contributed by atoms with Crippen LogP contribution in [0.25, 0.3) is 28.0 Å². The Morgan fingerprint density at radius 1 is 0.913 bits per heavy atom. The number of pyridine rings is 2. The van der Waals surface area contributed by atoms with Crippen molar-refractivity contribution in [1.82, 2.24) is 14.4 Å². The molecule has 2 N–H and O–H groups in total. The molecule has 1 aromatic carbocycles. The molecule has 4 rings (SSSR count). The maximum Gasteiger partial charge on any atom is 0.138 e. The molecule has 0 aliphatic heterocycles. The summed E-state index contributed by atoms with van der Waals surface area (Å²) in [7, 11) is 0. The average Bonchev–Trinajstić information content (AvgIpc) is 2.95. The molecule has 0 unspecified atom stereocenters. The van der Waals surface area contributed by atoms with Gasteiger partial charge in [-0.3, -0.25) is 9.38 Å². The number of anilines is 1. The third kappa shape index (κ3) is 2.34. The first-order valence-corrected chi connectivity index (χ1v) is 7.48. The minimum atomic E-state index is 0.632. The van der Waals surface area contributed by atoms with Crippen LogP contribution in [0.3, 0.4) is 0 Å². The minimum Gasteiger partial charge on any atom is -0.383 e. The van der Waals surface area contributed by atoms with Crippen molar-refractivity contribution in [1.29, 1.82) is 0 Å². The van der Waals surface area contributed by atoms with Crippen LogP contribution in [0, 0.1) is 6.92 Å². The van der Waals surface area contributed by atoms with Crippen molar-refractivity contribution in [2.24, 2.45) is 0 Å². The Labute approximate surface area is 134 Å². The molecule has 4 nitrogen and oxygen atoms in total. The Balaban J connectivity index is 1.93. The molecule has 0 aliphatic carbocycles. The molecular formula is C19H16N4. The Kier molecular flexibility index (Phi) is 3.08. The molecule has 23 heavy (non-hydrogen) atoms. The zero-order valence-electron chi connectivity index (χ0n) is 12.8. The fourth-order valence-electron chi connectivity index (χ4n) is 2.81. The molecule has 3 heterocycles. The molecule has 0 spiro atoms. The summed E-state index contributed by atoms with van der Waals surface area (Å²) >= 11 is 0. The highest BCUT2D eigenvalue weighted by atomic mass is 15.1. The van der Waals surface area contributed by atoms with Gasteiger partial charge >= 0.3 is 0 Å². The van der Waals surface area contributed by atoms with Crippen LogP contribution in [0.15, 0.2) is 67.0 Å². The van der Waals surface area contributed by atoms with Crippen molar-refractivity contribution in [2.45, 2.75) is 6.92 Å². The van der Waals surface area contributed by atoms with E-state index >= 15 is 0 Å². The van der Waals surface area contributed by atoms with Gasteiger partial charge in [0.2, 0.25) is 0 Å². The summed E-state index contributed by atoms with van der Waals surface area (Å²) in [4.78, 5) is 8.93. The van der Waals surface area contributed by atoms with Gasteiger partial charge in [0.25, 0.3) is 0 Å². The predicted molar refractivity (Wildman–Crippen MR) is 93.0 cm³/mol. The molecule has 0 aliphatic rings. The number of fused-ring (bicyclic) bond motifs is 1. The van der Waals surface area contributed by atoms with E-state index in [-0.39, 0.29) is 0 Å². The Morgan fingerprint density at radius 3 is 2.57 bits per heavy atom. The van der Waals surface area contributed by atoms with Gasteiger partial charge in [0, 0.05) is 17.5 Å². The maximum atomic E-state index is 5.98. The normalized spacial score (nSPS) is 11.0. The molecular weight excluding hydrogens is 284 g/mol. The van der Waals surface area contributed by atoms with Gasteiger partial charge in [-0.25, -0.2) is 4.98 Å². The molecule has 3 aromatic heterocycles. The number of imidazole rings is 1. The predicted octanol–water partition coefficient (Wildman–Crippen LogP) is 3.95. The van der Waals surface area contributed by atoms with E-state index in [1.807, 2.05) is 53.9 Å². The first-order valence-electron chi connectivity index (χ1n) is 7.48. The van der Waals surface area contributed by atoms with Crippen LogP contribution in [-0.4, -0.2) is 14.4 Å². The van der Waals surface area contributed by atoms with E-state index in [9.17, 15) is 0 Å². The first kappa shape index (κ1) is 13.5. The summed E-state index contributed by atoms with van der Waals surface area (Å²) < 4.78 is 1.90. The second-order valence-electron chi connectivity index (χ2n) is 5.54. The molecule has 0 atom stereocenters. The smallest absolute Gasteiger partial charge is 0.138 e. The minimum absolute atomic E-state index is 0.632. The van der Waals surface area contributed by atoms with Crippen LogP contribution < -0.4 is 5.73 Å². The third-order valence-electron chi connectivity index (χ3n) is 3.94. The number of nitrogen functional groups attached to an aromatic ring is 1. The van der Waals surface area contributed by atoms with Gasteiger partial charge in [0.15, 0.2) is 0 Å². The largest absolute Gasteiger partial charge is 0.383 e. The molecule has 4 aromatic rings. The molecule has 0 radical (unpaired) electrons. The van der Waals surface area contributed by atoms with Gasteiger partial charge in [0.05, 0.1) is 11.9 Å². The van der Waals surface area contributed by atoms with Crippen LogP contribution >= 0.6 is 0 Å². The quantitative estimate of drug-likeness (QED) is 0.609. The van der Waals surface area contributed by atoms with Crippen LogP contribution in [0.1, 0.15) is 5.69 Å². The van der Waals surface area contributed by atoms with Crippen LogP contribution in [0.5, 0.6) is 0 Å². The van der Waals surface area contributed by atoms with E-state index in [0.717, 1.165) is 33.7 Å². The van der Waals surface area contributed by atoms with E-state index in [0.29, 0.717) is 5.82 Å². The van der Waals surface area contributed by atoms with E-state index in [2.05, 4.69) is 28.2 Å². The van der Waals surface area contributed by atoms with Gasteiger partial charge in [-0.2, -0.15) is 0 Å². The number of hydrogen-bond acceptors (Lipinski definition) is 3. The average molecular weight is 300 g/mol. The summed E-state index contributed by atoms with van der Waals surface area (Å²) in [6, 6.07) is 18.4. The van der Waals surface area contributed by atoms with Gasteiger partial charge in [-0.05, 0) is 42.3 Å². The lowest BCUT2D eigenvalue weighted by molar-refractivity contribution is 1.19. The number of rotatable bonds is 2. The molecule has 0 amide bonds. The third-order valence-corrected chi connectivity index (χ3v) is 3.94. The van der Waals surface area contributed by atoms with Gasteiger partial charge < -0.3 is 5.73 Å². The zero-order valence-corrected chi connectivity index (χ0v) is 12.8. The Bertz CT molecular complexity index is 1000. The van der Waals surface area contributed by atoms with Crippen LogP contribution in [-0.2, 0) is 0 Å². The summed E-state index contributed by atoms with van der Waals surface area (Å²) in [5.41, 5.74) is 12.1. The number of nitrogens with two attached hydrogens (primary N) is 1. The lowest BCUT2D eigenvalue weighted by atomic mass is 9.98. The Morgan fingerprint density at radius 2 is 1.74 bits per heavy atom. The highest BCUT2D eigenvalue weighted by Gasteiger charge is 2.10. The van der Waals surface area contributed by atoms with E-state index < -0.39 is 0 Å². The standard InChI is InChI=1S/C19H16N4/c1-13-5-4-8-17(22-13)16-7-3-2-6-15(16)14-9-10-19-21-11-18(20)23(19)12-14/h2-12H,20H2,1H3. The SMILES string of the molecule is Cc1cccc(-c2ccccc2-c2ccc3ncc(N)n3c2)n1. The molecule has 0 bridgehead atoms. The summed E-state index contributed by atoms with van der Waals surface area (Å²) in [6.45, 7) is 2.00. The Hall–Kier alpha value is -3.14. The van der Waals surface area contributed by atoms with Crippen molar-refractivity contribution in [3.05, 3.63) is 72.7 Å². The molecule has 0 saturated carbocycles. The van der Waals surface area contributed by atoms with Gasteiger partial charge in [-0.15, -0.1) is 0 Å². The fourth-order valence-corrected chi connectivity index (χ4v) is 2.81. The topological polar surface area (TPSA) is 56.2 Å². The summed E-state index contributed by atoms with van der Waals surface area (Å²) in [5.74, 6) is 0.632. The van der Waals surface area contributed by atoms with Crippen molar-refractivity contribution < 1.29 is 0 Å². The molecule has 112 valence electrons. The highest BCUT2D eigenvalue weighted by Crippen LogP contribution is 2.31. The molecule has 0 fully saturated rings. The van der Waals surface area contributed by atoms with Crippen molar-refractivity contribution >= 4 is 11.5 Å². The second-order valence-corrected chi connectivity index (χ2v) is 5.54. The van der Waals surface area contributed by atoms with Gasteiger partial charge in [0.1, 0.15) is 11.5 Å². The number of aryl methyl sites for hydroxylation is 1.